The first-order valence-electron chi connectivity index (χ1n) is 13.4. The summed E-state index contributed by atoms with van der Waals surface area (Å²) in [5.74, 6) is -0.683. The van der Waals surface area contributed by atoms with Crippen molar-refractivity contribution < 1.29 is 57.0 Å². The molecule has 0 heterocycles. The summed E-state index contributed by atoms with van der Waals surface area (Å²) in [5.41, 5.74) is -0.107. The van der Waals surface area contributed by atoms with Crippen LogP contribution >= 0.6 is 0 Å². The number of esters is 2. The van der Waals surface area contributed by atoms with Gasteiger partial charge in [-0.15, -0.1) is 0 Å². The summed E-state index contributed by atoms with van der Waals surface area (Å²) in [7, 11) is 0. The third-order valence-corrected chi connectivity index (χ3v) is 4.28. The number of ether oxygens (including phenoxy) is 10. The van der Waals surface area contributed by atoms with Crippen molar-refractivity contribution in [3.8, 4) is 0 Å². The second kappa shape index (κ2) is 26.6. The molecule has 39 heavy (non-hydrogen) atoms. The van der Waals surface area contributed by atoms with E-state index in [9.17, 15) is 9.59 Å². The van der Waals surface area contributed by atoms with E-state index >= 15 is 0 Å². The minimum Gasteiger partial charge on any atom is -0.460 e. The number of hydrogen-bond donors (Lipinski definition) is 0. The van der Waals surface area contributed by atoms with Gasteiger partial charge in [0.2, 0.25) is 0 Å². The summed E-state index contributed by atoms with van der Waals surface area (Å²) in [6, 6.07) is 0. The van der Waals surface area contributed by atoms with E-state index in [0.29, 0.717) is 111 Å². The summed E-state index contributed by atoms with van der Waals surface area (Å²) >= 11 is 0. The summed E-state index contributed by atoms with van der Waals surface area (Å²) in [4.78, 5) is 22.7. The lowest BCUT2D eigenvalue weighted by atomic mass is 10.2. The summed E-state index contributed by atoms with van der Waals surface area (Å²) < 4.78 is 53.2. The molecule has 12 heteroatoms. The number of carbonyl (C=O) groups excluding carboxylic acids is 2. The molecule has 0 atom stereocenters. The van der Waals surface area contributed by atoms with Crippen LogP contribution in [-0.4, -0.2) is 130 Å². The van der Waals surface area contributed by atoms with Crippen molar-refractivity contribution >= 4 is 11.9 Å². The number of rotatable bonds is 28. The first-order valence-corrected chi connectivity index (χ1v) is 13.4. The zero-order valence-electron chi connectivity index (χ0n) is 24.3. The molecule has 0 spiro atoms. The molecule has 0 aliphatic heterocycles. The van der Waals surface area contributed by atoms with Crippen LogP contribution in [0, 0.1) is 0 Å². The highest BCUT2D eigenvalue weighted by Crippen LogP contribution is 2.08. The van der Waals surface area contributed by atoms with Crippen LogP contribution in [0.4, 0.5) is 0 Å². The van der Waals surface area contributed by atoms with E-state index in [0.717, 1.165) is 0 Å². The fourth-order valence-electron chi connectivity index (χ4n) is 2.51. The fraction of sp³-hybridized carbons (Fsp3) is 0.852. The van der Waals surface area contributed by atoms with Gasteiger partial charge in [0, 0.05) is 5.57 Å². The molecule has 0 radical (unpaired) electrons. The Bertz CT molecular complexity index is 606. The average molecular weight is 567 g/mol. The van der Waals surface area contributed by atoms with Crippen LogP contribution in [-0.2, 0) is 57.0 Å². The highest BCUT2D eigenvalue weighted by atomic mass is 16.6. The Kier molecular flexibility index (Phi) is 25.5. The van der Waals surface area contributed by atoms with Gasteiger partial charge in [0.25, 0.3) is 0 Å². The minimum atomic E-state index is -0.474. The van der Waals surface area contributed by atoms with Crippen LogP contribution in [0.5, 0.6) is 0 Å². The van der Waals surface area contributed by atoms with Gasteiger partial charge in [-0.05, 0) is 27.7 Å². The largest absolute Gasteiger partial charge is 0.460 e. The van der Waals surface area contributed by atoms with E-state index in [2.05, 4.69) is 6.58 Å². The normalized spacial score (nSPS) is 11.5. The van der Waals surface area contributed by atoms with Crippen molar-refractivity contribution in [3.05, 3.63) is 12.2 Å². The molecule has 230 valence electrons. The third-order valence-electron chi connectivity index (χ3n) is 4.28. The molecule has 0 aromatic rings. The van der Waals surface area contributed by atoms with Crippen LogP contribution in [0.3, 0.4) is 0 Å². The van der Waals surface area contributed by atoms with E-state index in [4.69, 9.17) is 47.4 Å². The maximum Gasteiger partial charge on any atom is 0.333 e. The topological polar surface area (TPSA) is 126 Å². The highest BCUT2D eigenvalue weighted by Gasteiger charge is 2.15. The second-order valence-electron chi connectivity index (χ2n) is 9.15. The van der Waals surface area contributed by atoms with Crippen molar-refractivity contribution in [1.29, 1.82) is 0 Å². The molecule has 0 bridgehead atoms. The molecule has 0 amide bonds. The smallest absolute Gasteiger partial charge is 0.333 e. The minimum absolute atomic E-state index is 0.197. The van der Waals surface area contributed by atoms with E-state index in [1.807, 2.05) is 20.8 Å². The van der Waals surface area contributed by atoms with E-state index in [1.54, 1.807) is 6.92 Å². The SMILES string of the molecule is C=C(C)C(=O)OCCOCCOCCOCCOCCOCCOCCOCCOCCC(=O)OC(C)(C)C. The van der Waals surface area contributed by atoms with Crippen molar-refractivity contribution in [2.75, 3.05) is 112 Å². The second-order valence-corrected chi connectivity index (χ2v) is 9.15. The van der Waals surface area contributed by atoms with Gasteiger partial charge in [0.05, 0.1) is 112 Å². The third kappa shape index (κ3) is 30.8. The van der Waals surface area contributed by atoms with Crippen LogP contribution in [0.25, 0.3) is 0 Å². The molecule has 0 saturated carbocycles. The Morgan fingerprint density at radius 3 is 1.08 bits per heavy atom. The summed E-state index contributed by atoms with van der Waals surface area (Å²) in [6.07, 6.45) is 0.229. The molecule has 0 saturated heterocycles. The van der Waals surface area contributed by atoms with Gasteiger partial charge < -0.3 is 47.4 Å². The molecule has 0 N–H and O–H groups in total. The van der Waals surface area contributed by atoms with Crippen molar-refractivity contribution in [3.63, 3.8) is 0 Å². The summed E-state index contributed by atoms with van der Waals surface area (Å²) in [6.45, 7) is 17.9. The lowest BCUT2D eigenvalue weighted by Crippen LogP contribution is -2.24. The van der Waals surface area contributed by atoms with E-state index < -0.39 is 11.6 Å². The van der Waals surface area contributed by atoms with Crippen LogP contribution in [0.1, 0.15) is 34.1 Å². The Labute approximate surface area is 233 Å². The van der Waals surface area contributed by atoms with E-state index in [1.165, 1.54) is 0 Å². The zero-order valence-corrected chi connectivity index (χ0v) is 24.3. The molecule has 0 aromatic carbocycles. The predicted molar refractivity (Wildman–Crippen MR) is 143 cm³/mol. The lowest BCUT2D eigenvalue weighted by Gasteiger charge is -2.19. The van der Waals surface area contributed by atoms with Crippen molar-refractivity contribution in [2.24, 2.45) is 0 Å². The van der Waals surface area contributed by atoms with Crippen molar-refractivity contribution in [2.45, 2.75) is 39.7 Å². The predicted octanol–water partition coefficient (Wildman–Crippen LogP) is 1.97. The monoisotopic (exact) mass is 566 g/mol. The molecule has 0 unspecified atom stereocenters. The quantitative estimate of drug-likeness (QED) is 0.0781. The van der Waals surface area contributed by atoms with Gasteiger partial charge in [-0.25, -0.2) is 4.79 Å². The number of hydrogen-bond acceptors (Lipinski definition) is 12. The number of carbonyl (C=O) groups is 2. The summed E-state index contributed by atoms with van der Waals surface area (Å²) in [5, 5.41) is 0. The Morgan fingerprint density at radius 2 is 0.795 bits per heavy atom. The maximum absolute atomic E-state index is 11.5. The molecule has 0 rings (SSSR count). The van der Waals surface area contributed by atoms with Crippen LogP contribution in [0.2, 0.25) is 0 Å². The van der Waals surface area contributed by atoms with Gasteiger partial charge >= 0.3 is 11.9 Å². The highest BCUT2D eigenvalue weighted by molar-refractivity contribution is 5.86. The first kappa shape index (κ1) is 37.4. The molecule has 12 nitrogen and oxygen atoms in total. The van der Waals surface area contributed by atoms with Crippen LogP contribution in [0.15, 0.2) is 12.2 Å². The average Bonchev–Trinajstić information content (AvgIpc) is 2.86. The standard InChI is InChI=1S/C27H50O12/c1-24(2)26(29)38-23-22-37-21-20-36-19-18-35-17-16-34-15-14-33-13-12-32-11-10-31-9-8-30-7-6-25(28)39-27(3,4)5/h1,6-23H2,2-5H3. The van der Waals surface area contributed by atoms with E-state index in [-0.39, 0.29) is 19.0 Å². The fourth-order valence-corrected chi connectivity index (χ4v) is 2.51. The Hall–Kier alpha value is -1.64. The molecule has 0 aliphatic rings. The van der Waals surface area contributed by atoms with Gasteiger partial charge in [-0.1, -0.05) is 6.58 Å². The zero-order chi connectivity index (χ0) is 29.0. The van der Waals surface area contributed by atoms with Gasteiger partial charge in [0.15, 0.2) is 0 Å². The Morgan fingerprint density at radius 1 is 0.513 bits per heavy atom. The van der Waals surface area contributed by atoms with Crippen molar-refractivity contribution in [1.82, 2.24) is 0 Å². The maximum atomic E-state index is 11.5. The van der Waals surface area contributed by atoms with Gasteiger partial charge in [-0.3, -0.25) is 4.79 Å². The molecule has 0 aliphatic carbocycles. The molecular formula is C27H50O12. The van der Waals surface area contributed by atoms with Crippen LogP contribution < -0.4 is 0 Å². The molecule has 0 fully saturated rings. The lowest BCUT2D eigenvalue weighted by molar-refractivity contribution is -0.156. The van der Waals surface area contributed by atoms with Gasteiger partial charge in [-0.2, -0.15) is 0 Å². The van der Waals surface area contributed by atoms with Gasteiger partial charge in [0.1, 0.15) is 12.2 Å². The Balaban J connectivity index is 3.14. The first-order chi connectivity index (χ1) is 18.7. The molecular weight excluding hydrogens is 516 g/mol. The molecule has 0 aromatic heterocycles.